The van der Waals surface area contributed by atoms with E-state index in [-0.39, 0.29) is 6.42 Å². The van der Waals surface area contributed by atoms with Gasteiger partial charge in [-0.3, -0.25) is 4.79 Å². The van der Waals surface area contributed by atoms with E-state index in [2.05, 4.69) is 30.5 Å². The van der Waals surface area contributed by atoms with Crippen LogP contribution in [0.1, 0.15) is 23.4 Å². The van der Waals surface area contributed by atoms with Crippen molar-refractivity contribution in [3.8, 4) is 5.69 Å². The van der Waals surface area contributed by atoms with Gasteiger partial charge in [0.1, 0.15) is 0 Å². The number of carbonyl (C=O) groups is 1. The Bertz CT molecular complexity index is 550. The van der Waals surface area contributed by atoms with E-state index in [0.29, 0.717) is 6.42 Å². The Kier molecular flexibility index (Phi) is 3.51. The van der Waals surface area contributed by atoms with E-state index >= 15 is 0 Å². The Labute approximate surface area is 107 Å². The molecule has 1 heterocycles. The van der Waals surface area contributed by atoms with Crippen LogP contribution in [-0.2, 0) is 11.2 Å². The van der Waals surface area contributed by atoms with Crippen LogP contribution in [-0.4, -0.2) is 15.6 Å². The van der Waals surface area contributed by atoms with Crippen molar-refractivity contribution in [2.45, 2.75) is 26.7 Å². The van der Waals surface area contributed by atoms with Gasteiger partial charge >= 0.3 is 5.97 Å². The van der Waals surface area contributed by atoms with Crippen LogP contribution in [0.2, 0.25) is 0 Å². The second-order valence-corrected chi connectivity index (χ2v) is 4.47. The predicted octanol–water partition coefficient (Wildman–Crippen LogP) is 3.11. The molecule has 1 aromatic carbocycles. The molecular formula is C15H17NO2. The number of carboxylic acids is 1. The molecule has 0 aliphatic heterocycles. The summed E-state index contributed by atoms with van der Waals surface area (Å²) in [4.78, 5) is 10.7. The predicted molar refractivity (Wildman–Crippen MR) is 71.2 cm³/mol. The van der Waals surface area contributed by atoms with Gasteiger partial charge in [0.2, 0.25) is 0 Å². The molecular weight excluding hydrogens is 226 g/mol. The second-order valence-electron chi connectivity index (χ2n) is 4.47. The highest BCUT2D eigenvalue weighted by Crippen LogP contribution is 2.21. The summed E-state index contributed by atoms with van der Waals surface area (Å²) >= 11 is 0. The molecule has 0 saturated carbocycles. The summed E-state index contributed by atoms with van der Waals surface area (Å²) in [5.41, 5.74) is 4.48. The topological polar surface area (TPSA) is 42.2 Å². The molecule has 0 bridgehead atoms. The molecule has 1 N–H and O–H groups in total. The number of aliphatic carboxylic acids is 1. The van der Waals surface area contributed by atoms with Crippen LogP contribution in [0.25, 0.3) is 5.69 Å². The zero-order valence-electron chi connectivity index (χ0n) is 10.7. The SMILES string of the molecule is Cc1ccc(C)n1-c1ccccc1CCC(=O)O. The molecule has 0 fully saturated rings. The lowest BCUT2D eigenvalue weighted by atomic mass is 10.1. The highest BCUT2D eigenvalue weighted by Gasteiger charge is 2.09. The summed E-state index contributed by atoms with van der Waals surface area (Å²) in [6.07, 6.45) is 0.721. The van der Waals surface area contributed by atoms with E-state index in [1.54, 1.807) is 0 Å². The minimum Gasteiger partial charge on any atom is -0.481 e. The summed E-state index contributed by atoms with van der Waals surface area (Å²) < 4.78 is 2.16. The quantitative estimate of drug-likeness (QED) is 0.896. The zero-order chi connectivity index (χ0) is 13.1. The lowest BCUT2D eigenvalue weighted by Crippen LogP contribution is -2.05. The molecule has 0 saturated heterocycles. The van der Waals surface area contributed by atoms with Gasteiger partial charge in [-0.05, 0) is 44.0 Å². The molecule has 0 aliphatic carbocycles. The maximum Gasteiger partial charge on any atom is 0.303 e. The lowest BCUT2D eigenvalue weighted by Gasteiger charge is -2.14. The number of benzene rings is 1. The van der Waals surface area contributed by atoms with Crippen LogP contribution >= 0.6 is 0 Å². The van der Waals surface area contributed by atoms with Gasteiger partial charge in [0.15, 0.2) is 0 Å². The maximum atomic E-state index is 10.7. The van der Waals surface area contributed by atoms with Crippen LogP contribution in [0.3, 0.4) is 0 Å². The van der Waals surface area contributed by atoms with Crippen LogP contribution in [0.4, 0.5) is 0 Å². The first-order valence-corrected chi connectivity index (χ1v) is 6.04. The van der Waals surface area contributed by atoms with Crippen molar-refractivity contribution in [2.75, 3.05) is 0 Å². The van der Waals surface area contributed by atoms with E-state index in [0.717, 1.165) is 22.6 Å². The van der Waals surface area contributed by atoms with Crippen molar-refractivity contribution in [3.63, 3.8) is 0 Å². The molecule has 94 valence electrons. The minimum absolute atomic E-state index is 0.163. The number of hydrogen-bond acceptors (Lipinski definition) is 1. The van der Waals surface area contributed by atoms with Crippen molar-refractivity contribution in [3.05, 3.63) is 53.3 Å². The Morgan fingerprint density at radius 1 is 1.11 bits per heavy atom. The van der Waals surface area contributed by atoms with Crippen LogP contribution in [0.15, 0.2) is 36.4 Å². The van der Waals surface area contributed by atoms with Gasteiger partial charge in [0.25, 0.3) is 0 Å². The molecule has 3 heteroatoms. The lowest BCUT2D eigenvalue weighted by molar-refractivity contribution is -0.136. The Morgan fingerprint density at radius 3 is 2.33 bits per heavy atom. The summed E-state index contributed by atoms with van der Waals surface area (Å²) in [5.74, 6) is -0.759. The van der Waals surface area contributed by atoms with E-state index in [1.165, 1.54) is 0 Å². The summed E-state index contributed by atoms with van der Waals surface area (Å²) in [7, 11) is 0. The van der Waals surface area contributed by atoms with Crippen molar-refractivity contribution in [1.29, 1.82) is 0 Å². The number of para-hydroxylation sites is 1. The van der Waals surface area contributed by atoms with Crippen LogP contribution in [0.5, 0.6) is 0 Å². The van der Waals surface area contributed by atoms with E-state index in [1.807, 2.05) is 24.3 Å². The molecule has 2 rings (SSSR count). The Hall–Kier alpha value is -2.03. The fourth-order valence-electron chi connectivity index (χ4n) is 2.23. The highest BCUT2D eigenvalue weighted by molar-refractivity contribution is 5.67. The summed E-state index contributed by atoms with van der Waals surface area (Å²) in [6.45, 7) is 4.11. The molecule has 2 aromatic rings. The second kappa shape index (κ2) is 5.08. The average molecular weight is 243 g/mol. The van der Waals surface area contributed by atoms with Crippen LogP contribution < -0.4 is 0 Å². The Morgan fingerprint density at radius 2 is 1.72 bits per heavy atom. The molecule has 0 atom stereocenters. The van der Waals surface area contributed by atoms with Gasteiger partial charge in [-0.2, -0.15) is 0 Å². The molecule has 18 heavy (non-hydrogen) atoms. The number of rotatable bonds is 4. The average Bonchev–Trinajstić information content (AvgIpc) is 2.67. The molecule has 1 aromatic heterocycles. The van der Waals surface area contributed by atoms with Gasteiger partial charge in [0.05, 0.1) is 0 Å². The number of aromatic nitrogens is 1. The third-order valence-corrected chi connectivity index (χ3v) is 3.11. The normalized spacial score (nSPS) is 10.6. The molecule has 3 nitrogen and oxygen atoms in total. The first-order valence-electron chi connectivity index (χ1n) is 6.04. The first-order chi connectivity index (χ1) is 8.59. The van der Waals surface area contributed by atoms with Gasteiger partial charge in [-0.25, -0.2) is 0 Å². The van der Waals surface area contributed by atoms with Crippen molar-refractivity contribution < 1.29 is 9.90 Å². The number of hydrogen-bond donors (Lipinski definition) is 1. The molecule has 0 radical (unpaired) electrons. The number of carboxylic acid groups (broad SMARTS) is 1. The zero-order valence-corrected chi connectivity index (χ0v) is 10.7. The number of nitrogens with zero attached hydrogens (tertiary/aromatic N) is 1. The fraction of sp³-hybridized carbons (Fsp3) is 0.267. The summed E-state index contributed by atoms with van der Waals surface area (Å²) in [5, 5.41) is 8.80. The monoisotopic (exact) mass is 243 g/mol. The minimum atomic E-state index is -0.759. The molecule has 0 aliphatic rings. The standard InChI is InChI=1S/C15H17NO2/c1-11-7-8-12(2)16(11)14-6-4-3-5-13(14)9-10-15(17)18/h3-8H,9-10H2,1-2H3,(H,17,18). The van der Waals surface area contributed by atoms with E-state index in [4.69, 9.17) is 5.11 Å². The fourth-order valence-corrected chi connectivity index (χ4v) is 2.23. The Balaban J connectivity index is 2.42. The largest absolute Gasteiger partial charge is 0.481 e. The van der Waals surface area contributed by atoms with Crippen molar-refractivity contribution >= 4 is 5.97 Å². The third-order valence-electron chi connectivity index (χ3n) is 3.11. The maximum absolute atomic E-state index is 10.7. The third kappa shape index (κ3) is 2.45. The van der Waals surface area contributed by atoms with E-state index < -0.39 is 5.97 Å². The van der Waals surface area contributed by atoms with Crippen molar-refractivity contribution in [1.82, 2.24) is 4.57 Å². The molecule has 0 unspecified atom stereocenters. The van der Waals surface area contributed by atoms with Crippen LogP contribution in [0, 0.1) is 13.8 Å². The van der Waals surface area contributed by atoms with Gasteiger partial charge in [0, 0.05) is 23.5 Å². The summed E-state index contributed by atoms with van der Waals surface area (Å²) in [6, 6.07) is 12.1. The number of aryl methyl sites for hydroxylation is 3. The first kappa shape index (κ1) is 12.4. The van der Waals surface area contributed by atoms with Crippen molar-refractivity contribution in [2.24, 2.45) is 0 Å². The molecule has 0 amide bonds. The van der Waals surface area contributed by atoms with Gasteiger partial charge in [-0.15, -0.1) is 0 Å². The van der Waals surface area contributed by atoms with Gasteiger partial charge < -0.3 is 9.67 Å². The highest BCUT2D eigenvalue weighted by atomic mass is 16.4. The van der Waals surface area contributed by atoms with E-state index in [9.17, 15) is 4.79 Å². The molecule has 0 spiro atoms. The smallest absolute Gasteiger partial charge is 0.303 e. The van der Waals surface area contributed by atoms with Gasteiger partial charge in [-0.1, -0.05) is 18.2 Å².